The summed E-state index contributed by atoms with van der Waals surface area (Å²) in [5.74, 6) is 0.583. The van der Waals surface area contributed by atoms with Crippen LogP contribution in [0.1, 0.15) is 5.56 Å². The lowest BCUT2D eigenvalue weighted by molar-refractivity contribution is 0.122. The summed E-state index contributed by atoms with van der Waals surface area (Å²) in [4.78, 5) is 6.39. The summed E-state index contributed by atoms with van der Waals surface area (Å²) < 4.78 is 5.30. The highest BCUT2D eigenvalue weighted by Crippen LogP contribution is 2.20. The Morgan fingerprint density at radius 3 is 2.79 bits per heavy atom. The third-order valence-electron chi connectivity index (χ3n) is 2.46. The summed E-state index contributed by atoms with van der Waals surface area (Å²) in [6.07, 6.45) is 1.84. The van der Waals surface area contributed by atoms with Crippen LogP contribution in [0, 0.1) is 6.92 Å². The molecule has 0 amide bonds. The van der Waals surface area contributed by atoms with Crippen LogP contribution < -0.4 is 10.6 Å². The second kappa shape index (κ2) is 3.84. The van der Waals surface area contributed by atoms with Crippen LogP contribution in [-0.2, 0) is 4.74 Å². The first-order chi connectivity index (χ1) is 6.77. The minimum absolute atomic E-state index is 0.583. The highest BCUT2D eigenvalue weighted by Gasteiger charge is 2.13. The van der Waals surface area contributed by atoms with Crippen LogP contribution >= 0.6 is 0 Å². The summed E-state index contributed by atoms with van der Waals surface area (Å²) in [7, 11) is 0. The number of nitrogens with two attached hydrogens (primary N) is 1. The van der Waals surface area contributed by atoms with E-state index in [4.69, 9.17) is 10.5 Å². The van der Waals surface area contributed by atoms with E-state index in [0.717, 1.165) is 26.3 Å². The molecule has 76 valence electrons. The van der Waals surface area contributed by atoms with Crippen molar-refractivity contribution in [2.24, 2.45) is 0 Å². The summed E-state index contributed by atoms with van der Waals surface area (Å²) in [5.41, 5.74) is 7.95. The van der Waals surface area contributed by atoms with Gasteiger partial charge in [-0.2, -0.15) is 0 Å². The fourth-order valence-corrected chi connectivity index (χ4v) is 1.71. The number of morpholine rings is 1. The maximum atomic E-state index is 5.60. The zero-order valence-corrected chi connectivity index (χ0v) is 8.36. The number of nitrogen functional groups attached to an aromatic ring is 1. The van der Waals surface area contributed by atoms with Crippen LogP contribution in [0.4, 0.5) is 11.5 Å². The first kappa shape index (κ1) is 9.27. The predicted octanol–water partition coefficient (Wildman–Crippen LogP) is 0.809. The zero-order valence-electron chi connectivity index (χ0n) is 8.36. The van der Waals surface area contributed by atoms with E-state index in [1.165, 1.54) is 11.3 Å². The molecule has 0 atom stereocenters. The summed E-state index contributed by atoms with van der Waals surface area (Å²) >= 11 is 0. The van der Waals surface area contributed by atoms with E-state index in [0.29, 0.717) is 5.82 Å². The highest BCUT2D eigenvalue weighted by atomic mass is 16.5. The van der Waals surface area contributed by atoms with Crippen molar-refractivity contribution in [1.29, 1.82) is 0 Å². The molecule has 0 aromatic carbocycles. The Kier molecular flexibility index (Phi) is 2.54. The second-order valence-electron chi connectivity index (χ2n) is 3.50. The van der Waals surface area contributed by atoms with Crippen molar-refractivity contribution >= 4 is 11.5 Å². The van der Waals surface area contributed by atoms with Gasteiger partial charge in [0.1, 0.15) is 5.82 Å². The Bertz CT molecular complexity index is 321. The first-order valence-electron chi connectivity index (χ1n) is 4.82. The minimum Gasteiger partial charge on any atom is -0.384 e. The quantitative estimate of drug-likeness (QED) is 0.717. The standard InChI is InChI=1S/C10H15N3O/c1-8-6-10(11)12-7-9(8)13-2-4-14-5-3-13/h6-7H,2-5H2,1H3,(H2,11,12). The molecule has 0 radical (unpaired) electrons. The number of aromatic nitrogens is 1. The van der Waals surface area contributed by atoms with Crippen LogP contribution in [0.15, 0.2) is 12.3 Å². The maximum absolute atomic E-state index is 5.60. The number of anilines is 2. The molecule has 0 spiro atoms. The van der Waals surface area contributed by atoms with Crippen LogP contribution in [0.3, 0.4) is 0 Å². The van der Waals surface area contributed by atoms with Gasteiger partial charge in [0.2, 0.25) is 0 Å². The van der Waals surface area contributed by atoms with Gasteiger partial charge in [0.25, 0.3) is 0 Å². The largest absolute Gasteiger partial charge is 0.384 e. The van der Waals surface area contributed by atoms with Gasteiger partial charge in [-0.3, -0.25) is 0 Å². The van der Waals surface area contributed by atoms with Gasteiger partial charge in [0, 0.05) is 13.1 Å². The molecule has 4 heteroatoms. The van der Waals surface area contributed by atoms with E-state index in [2.05, 4.69) is 16.8 Å². The smallest absolute Gasteiger partial charge is 0.123 e. The van der Waals surface area contributed by atoms with Gasteiger partial charge in [-0.15, -0.1) is 0 Å². The number of pyridine rings is 1. The minimum atomic E-state index is 0.583. The molecule has 2 heterocycles. The number of nitrogens with zero attached hydrogens (tertiary/aromatic N) is 2. The van der Waals surface area contributed by atoms with Gasteiger partial charge >= 0.3 is 0 Å². The predicted molar refractivity (Wildman–Crippen MR) is 56.4 cm³/mol. The third kappa shape index (κ3) is 1.80. The van der Waals surface area contributed by atoms with Crippen molar-refractivity contribution in [2.45, 2.75) is 6.92 Å². The van der Waals surface area contributed by atoms with Gasteiger partial charge in [0.05, 0.1) is 25.1 Å². The molecule has 1 aliphatic heterocycles. The van der Waals surface area contributed by atoms with E-state index < -0.39 is 0 Å². The van der Waals surface area contributed by atoms with E-state index in [1.807, 2.05) is 12.3 Å². The van der Waals surface area contributed by atoms with Gasteiger partial charge in [0.15, 0.2) is 0 Å². The molecule has 2 rings (SSSR count). The highest BCUT2D eigenvalue weighted by molar-refractivity contribution is 5.55. The van der Waals surface area contributed by atoms with Gasteiger partial charge in [-0.25, -0.2) is 4.98 Å². The molecule has 1 aromatic rings. The lowest BCUT2D eigenvalue weighted by atomic mass is 10.2. The number of aryl methyl sites for hydroxylation is 1. The summed E-state index contributed by atoms with van der Waals surface area (Å²) in [6.45, 7) is 5.52. The fourth-order valence-electron chi connectivity index (χ4n) is 1.71. The first-order valence-corrected chi connectivity index (χ1v) is 4.82. The van der Waals surface area contributed by atoms with Gasteiger partial charge in [-0.1, -0.05) is 0 Å². The van der Waals surface area contributed by atoms with Crippen molar-refractivity contribution in [3.05, 3.63) is 17.8 Å². The molecule has 0 bridgehead atoms. The van der Waals surface area contributed by atoms with Crippen LogP contribution in [-0.4, -0.2) is 31.3 Å². The van der Waals surface area contributed by atoms with Crippen molar-refractivity contribution in [1.82, 2.24) is 4.98 Å². The number of hydrogen-bond donors (Lipinski definition) is 1. The van der Waals surface area contributed by atoms with E-state index in [-0.39, 0.29) is 0 Å². The SMILES string of the molecule is Cc1cc(N)ncc1N1CCOCC1. The molecule has 0 saturated carbocycles. The zero-order chi connectivity index (χ0) is 9.97. The molecule has 4 nitrogen and oxygen atoms in total. The number of hydrogen-bond acceptors (Lipinski definition) is 4. The van der Waals surface area contributed by atoms with E-state index in [9.17, 15) is 0 Å². The molecule has 1 aromatic heterocycles. The van der Waals surface area contributed by atoms with Crippen molar-refractivity contribution in [2.75, 3.05) is 36.9 Å². The summed E-state index contributed by atoms with van der Waals surface area (Å²) in [5, 5.41) is 0. The molecule has 0 unspecified atom stereocenters. The van der Waals surface area contributed by atoms with Crippen molar-refractivity contribution < 1.29 is 4.74 Å². The average molecular weight is 193 g/mol. The van der Waals surface area contributed by atoms with E-state index >= 15 is 0 Å². The Morgan fingerprint density at radius 2 is 2.14 bits per heavy atom. The summed E-state index contributed by atoms with van der Waals surface area (Å²) in [6, 6.07) is 1.91. The van der Waals surface area contributed by atoms with Crippen LogP contribution in [0.5, 0.6) is 0 Å². The van der Waals surface area contributed by atoms with Crippen molar-refractivity contribution in [3.63, 3.8) is 0 Å². The third-order valence-corrected chi connectivity index (χ3v) is 2.46. The lowest BCUT2D eigenvalue weighted by Crippen LogP contribution is -2.36. The average Bonchev–Trinajstić information content (AvgIpc) is 2.19. The molecule has 2 N–H and O–H groups in total. The lowest BCUT2D eigenvalue weighted by Gasteiger charge is -2.29. The maximum Gasteiger partial charge on any atom is 0.123 e. The molecule has 1 aliphatic rings. The molecular weight excluding hydrogens is 178 g/mol. The molecule has 14 heavy (non-hydrogen) atoms. The topological polar surface area (TPSA) is 51.4 Å². The van der Waals surface area contributed by atoms with Gasteiger partial charge in [-0.05, 0) is 18.6 Å². The normalized spacial score (nSPS) is 17.1. The fraction of sp³-hybridized carbons (Fsp3) is 0.500. The Hall–Kier alpha value is -1.29. The Labute approximate surface area is 83.7 Å². The number of ether oxygens (including phenoxy) is 1. The molecule has 0 aliphatic carbocycles. The second-order valence-corrected chi connectivity index (χ2v) is 3.50. The van der Waals surface area contributed by atoms with Crippen LogP contribution in [0.2, 0.25) is 0 Å². The monoisotopic (exact) mass is 193 g/mol. The van der Waals surface area contributed by atoms with E-state index in [1.54, 1.807) is 0 Å². The van der Waals surface area contributed by atoms with Gasteiger partial charge < -0.3 is 15.4 Å². The molecular formula is C10H15N3O. The molecule has 1 fully saturated rings. The Balaban J connectivity index is 2.22. The number of rotatable bonds is 1. The molecule has 1 saturated heterocycles. The Morgan fingerprint density at radius 1 is 1.43 bits per heavy atom. The van der Waals surface area contributed by atoms with Crippen LogP contribution in [0.25, 0.3) is 0 Å². The van der Waals surface area contributed by atoms with Crippen molar-refractivity contribution in [3.8, 4) is 0 Å².